The topological polar surface area (TPSA) is 89.1 Å². The predicted octanol–water partition coefficient (Wildman–Crippen LogP) is -1.30. The van der Waals surface area contributed by atoms with E-state index in [1.54, 1.807) is 20.8 Å². The number of carbonyl (C=O) groups excluding carboxylic acids is 1. The SMILES string of the molecule is C[C@@H]1N[C@H]([C@H]2O[C@@H]3OC(C)(C)O[C@@H]3[C@H]2O)CNC1=O. The lowest BCUT2D eigenvalue weighted by Gasteiger charge is -2.34. The number of aliphatic hydroxyl groups excluding tert-OH is 1. The van der Waals surface area contributed by atoms with Gasteiger partial charge in [-0.3, -0.25) is 10.1 Å². The fourth-order valence-electron chi connectivity index (χ4n) is 2.88. The monoisotopic (exact) mass is 272 g/mol. The summed E-state index contributed by atoms with van der Waals surface area (Å²) in [5, 5.41) is 16.2. The highest BCUT2D eigenvalue weighted by atomic mass is 16.8. The molecule has 7 nitrogen and oxygen atoms in total. The third kappa shape index (κ3) is 2.25. The van der Waals surface area contributed by atoms with Crippen molar-refractivity contribution in [3.63, 3.8) is 0 Å². The first kappa shape index (κ1) is 13.3. The van der Waals surface area contributed by atoms with Crippen LogP contribution in [-0.4, -0.2) is 60.0 Å². The van der Waals surface area contributed by atoms with E-state index in [9.17, 15) is 9.90 Å². The Kier molecular flexibility index (Phi) is 3.06. The molecule has 6 atom stereocenters. The molecule has 0 aliphatic carbocycles. The molecule has 7 heteroatoms. The number of rotatable bonds is 1. The van der Waals surface area contributed by atoms with E-state index in [2.05, 4.69) is 10.6 Å². The van der Waals surface area contributed by atoms with E-state index in [-0.39, 0.29) is 18.0 Å². The average molecular weight is 272 g/mol. The molecule has 3 heterocycles. The first-order valence-corrected chi connectivity index (χ1v) is 6.60. The maximum atomic E-state index is 11.4. The van der Waals surface area contributed by atoms with Crippen molar-refractivity contribution in [1.29, 1.82) is 0 Å². The largest absolute Gasteiger partial charge is 0.387 e. The molecule has 3 aliphatic rings. The van der Waals surface area contributed by atoms with Gasteiger partial charge in [0.05, 0.1) is 12.1 Å². The van der Waals surface area contributed by atoms with Crippen LogP contribution >= 0.6 is 0 Å². The second-order valence-electron chi connectivity index (χ2n) is 5.80. The van der Waals surface area contributed by atoms with Gasteiger partial charge in [-0.1, -0.05) is 0 Å². The lowest BCUT2D eigenvalue weighted by molar-refractivity contribution is -0.218. The van der Waals surface area contributed by atoms with Gasteiger partial charge in [0.15, 0.2) is 12.1 Å². The molecule has 0 saturated carbocycles. The van der Waals surface area contributed by atoms with Crippen LogP contribution in [0.2, 0.25) is 0 Å². The summed E-state index contributed by atoms with van der Waals surface area (Å²) in [7, 11) is 0. The normalized spacial score (nSPS) is 48.9. The summed E-state index contributed by atoms with van der Waals surface area (Å²) in [6.45, 7) is 5.78. The highest BCUT2D eigenvalue weighted by Gasteiger charge is 2.56. The molecule has 3 aliphatic heterocycles. The van der Waals surface area contributed by atoms with Crippen LogP contribution in [0.15, 0.2) is 0 Å². The lowest BCUT2D eigenvalue weighted by atomic mass is 10.0. The summed E-state index contributed by atoms with van der Waals surface area (Å²) in [6, 6.07) is -0.447. The minimum atomic E-state index is -0.772. The van der Waals surface area contributed by atoms with Crippen molar-refractivity contribution in [2.24, 2.45) is 0 Å². The number of aliphatic hydroxyl groups is 1. The number of piperazine rings is 1. The smallest absolute Gasteiger partial charge is 0.236 e. The number of amides is 1. The van der Waals surface area contributed by atoms with Gasteiger partial charge in [-0.15, -0.1) is 0 Å². The van der Waals surface area contributed by atoms with Gasteiger partial charge in [-0.25, -0.2) is 0 Å². The molecule has 0 aromatic heterocycles. The van der Waals surface area contributed by atoms with Gasteiger partial charge in [0.25, 0.3) is 0 Å². The third-order valence-electron chi connectivity index (χ3n) is 3.80. The summed E-state index contributed by atoms with van der Waals surface area (Å²) in [5.74, 6) is -0.777. The van der Waals surface area contributed by atoms with Crippen molar-refractivity contribution in [1.82, 2.24) is 10.6 Å². The quantitative estimate of drug-likeness (QED) is 0.550. The van der Waals surface area contributed by atoms with E-state index < -0.39 is 30.4 Å². The van der Waals surface area contributed by atoms with Gasteiger partial charge < -0.3 is 24.6 Å². The Hall–Kier alpha value is -0.730. The number of ether oxygens (including phenoxy) is 3. The van der Waals surface area contributed by atoms with E-state index in [0.29, 0.717) is 6.54 Å². The number of hydrogen-bond donors (Lipinski definition) is 3. The van der Waals surface area contributed by atoms with Crippen molar-refractivity contribution in [3.05, 3.63) is 0 Å². The van der Waals surface area contributed by atoms with Gasteiger partial charge >= 0.3 is 0 Å². The first-order valence-electron chi connectivity index (χ1n) is 6.60. The molecule has 0 aromatic rings. The van der Waals surface area contributed by atoms with Crippen molar-refractivity contribution >= 4 is 5.91 Å². The van der Waals surface area contributed by atoms with Crippen LogP contribution in [0.1, 0.15) is 20.8 Å². The zero-order valence-electron chi connectivity index (χ0n) is 11.3. The Morgan fingerprint density at radius 1 is 1.32 bits per heavy atom. The van der Waals surface area contributed by atoms with Crippen molar-refractivity contribution in [2.45, 2.75) is 63.2 Å². The fraction of sp³-hybridized carbons (Fsp3) is 0.917. The molecule has 19 heavy (non-hydrogen) atoms. The van der Waals surface area contributed by atoms with E-state index in [1.165, 1.54) is 0 Å². The van der Waals surface area contributed by atoms with Gasteiger partial charge in [-0.05, 0) is 20.8 Å². The number of carbonyl (C=O) groups is 1. The summed E-state index contributed by atoms with van der Waals surface area (Å²) >= 11 is 0. The zero-order valence-corrected chi connectivity index (χ0v) is 11.3. The molecule has 0 unspecified atom stereocenters. The van der Waals surface area contributed by atoms with Crippen LogP contribution in [0.5, 0.6) is 0 Å². The molecule has 0 spiro atoms. The first-order chi connectivity index (χ1) is 8.87. The van der Waals surface area contributed by atoms with Crippen LogP contribution in [-0.2, 0) is 19.0 Å². The molecule has 0 bridgehead atoms. The second kappa shape index (κ2) is 4.39. The maximum Gasteiger partial charge on any atom is 0.236 e. The van der Waals surface area contributed by atoms with Crippen molar-refractivity contribution in [3.8, 4) is 0 Å². The molecular formula is C12H20N2O5. The standard InChI is InChI=1S/C12H20N2O5/c1-5-10(16)13-4-6(14-5)8-7(15)9-11(17-8)19-12(2,3)18-9/h5-9,11,14-15H,4H2,1-3H3,(H,13,16)/t5-,6-,7-,8+,9+,11+/m0/s1. The summed E-state index contributed by atoms with van der Waals surface area (Å²) in [6.07, 6.45) is -2.25. The van der Waals surface area contributed by atoms with Crippen LogP contribution in [0, 0.1) is 0 Å². The lowest BCUT2D eigenvalue weighted by Crippen LogP contribution is -2.63. The van der Waals surface area contributed by atoms with Gasteiger partial charge in [-0.2, -0.15) is 0 Å². The second-order valence-corrected chi connectivity index (χ2v) is 5.80. The van der Waals surface area contributed by atoms with E-state index >= 15 is 0 Å². The minimum Gasteiger partial charge on any atom is -0.387 e. The van der Waals surface area contributed by atoms with Crippen LogP contribution < -0.4 is 10.6 Å². The van der Waals surface area contributed by atoms with Crippen LogP contribution in [0.4, 0.5) is 0 Å². The molecule has 0 radical (unpaired) electrons. The zero-order chi connectivity index (χ0) is 13.8. The highest BCUT2D eigenvalue weighted by Crippen LogP contribution is 2.38. The molecule has 0 aromatic carbocycles. The van der Waals surface area contributed by atoms with Gasteiger partial charge in [0.1, 0.15) is 18.3 Å². The molecule has 1 amide bonds. The molecule has 3 fully saturated rings. The fourth-order valence-corrected chi connectivity index (χ4v) is 2.88. The van der Waals surface area contributed by atoms with Gasteiger partial charge in [0, 0.05) is 6.54 Å². The highest BCUT2D eigenvalue weighted by molar-refractivity contribution is 5.82. The third-order valence-corrected chi connectivity index (χ3v) is 3.80. The van der Waals surface area contributed by atoms with E-state index in [1.807, 2.05) is 0 Å². The number of fused-ring (bicyclic) bond motifs is 1. The molecule has 3 N–H and O–H groups in total. The summed E-state index contributed by atoms with van der Waals surface area (Å²) in [5.41, 5.74) is 0. The average Bonchev–Trinajstić information content (AvgIpc) is 2.77. The Labute approximate surface area is 111 Å². The van der Waals surface area contributed by atoms with Crippen LogP contribution in [0.25, 0.3) is 0 Å². The maximum absolute atomic E-state index is 11.4. The molecule has 3 rings (SSSR count). The molecular weight excluding hydrogens is 252 g/mol. The Balaban J connectivity index is 1.67. The number of nitrogens with one attached hydrogen (secondary N) is 2. The predicted molar refractivity (Wildman–Crippen MR) is 64.1 cm³/mol. The van der Waals surface area contributed by atoms with E-state index in [4.69, 9.17) is 14.2 Å². The molecule has 3 saturated heterocycles. The minimum absolute atomic E-state index is 0.0439. The van der Waals surface area contributed by atoms with Crippen molar-refractivity contribution in [2.75, 3.05) is 6.54 Å². The van der Waals surface area contributed by atoms with Crippen LogP contribution in [0.3, 0.4) is 0 Å². The Morgan fingerprint density at radius 3 is 2.68 bits per heavy atom. The summed E-state index contributed by atoms with van der Waals surface area (Å²) in [4.78, 5) is 11.4. The van der Waals surface area contributed by atoms with E-state index in [0.717, 1.165) is 0 Å². The van der Waals surface area contributed by atoms with Gasteiger partial charge in [0.2, 0.25) is 5.91 Å². The number of hydrogen-bond acceptors (Lipinski definition) is 6. The Bertz CT molecular complexity index is 388. The Morgan fingerprint density at radius 2 is 2.05 bits per heavy atom. The van der Waals surface area contributed by atoms with Crippen molar-refractivity contribution < 1.29 is 24.1 Å². The summed E-state index contributed by atoms with van der Waals surface area (Å²) < 4.78 is 17.0. The molecule has 108 valence electrons.